The molecular formula is C18H21F3N2O6. The number of alkyl halides is 3. The van der Waals surface area contributed by atoms with Gasteiger partial charge in [-0.2, -0.15) is 13.2 Å². The molecule has 0 fully saturated rings. The zero-order valence-electron chi connectivity index (χ0n) is 16.0. The van der Waals surface area contributed by atoms with Crippen LogP contribution in [-0.2, 0) is 34.8 Å². The molecule has 0 bridgehead atoms. The van der Waals surface area contributed by atoms with Crippen molar-refractivity contribution in [3.05, 3.63) is 35.5 Å². The zero-order valence-corrected chi connectivity index (χ0v) is 16.0. The minimum absolute atomic E-state index is 0.114. The molecule has 0 aliphatic rings. The van der Waals surface area contributed by atoms with E-state index in [1.807, 2.05) is 0 Å². The van der Waals surface area contributed by atoms with E-state index in [1.54, 1.807) is 0 Å². The third-order valence-electron chi connectivity index (χ3n) is 3.59. The van der Waals surface area contributed by atoms with Crippen LogP contribution in [-0.4, -0.2) is 45.8 Å². The van der Waals surface area contributed by atoms with Crippen LogP contribution in [0.3, 0.4) is 0 Å². The largest absolute Gasteiger partial charge is 0.469 e. The Labute approximate surface area is 165 Å². The number of halogens is 3. The van der Waals surface area contributed by atoms with E-state index in [0.29, 0.717) is 6.42 Å². The van der Waals surface area contributed by atoms with Crippen molar-refractivity contribution in [1.29, 1.82) is 0 Å². The Bertz CT molecular complexity index is 777. The Balaban J connectivity index is 3.17. The van der Waals surface area contributed by atoms with Crippen LogP contribution in [0.2, 0.25) is 0 Å². The summed E-state index contributed by atoms with van der Waals surface area (Å²) in [4.78, 5) is 34.5. The van der Waals surface area contributed by atoms with Gasteiger partial charge in [0.25, 0.3) is 0 Å². The molecule has 8 nitrogen and oxygen atoms in total. The van der Waals surface area contributed by atoms with Crippen LogP contribution >= 0.6 is 0 Å². The molecule has 0 saturated heterocycles. The Morgan fingerprint density at radius 2 is 1.72 bits per heavy atom. The first-order valence-corrected chi connectivity index (χ1v) is 8.29. The molecule has 1 aromatic rings. The van der Waals surface area contributed by atoms with Gasteiger partial charge in [-0.15, -0.1) is 0 Å². The lowest BCUT2D eigenvalue weighted by Gasteiger charge is -2.17. The van der Waals surface area contributed by atoms with Gasteiger partial charge in [-0.05, 0) is 24.6 Å². The second-order valence-electron chi connectivity index (χ2n) is 5.56. The van der Waals surface area contributed by atoms with Crippen LogP contribution in [0.1, 0.15) is 18.4 Å². The molecule has 160 valence electrons. The van der Waals surface area contributed by atoms with Gasteiger partial charge in [-0.1, -0.05) is 0 Å². The number of carbonyl (C=O) groups is 3. The quantitative estimate of drug-likeness (QED) is 0.273. The maximum Gasteiger partial charge on any atom is 0.416 e. The highest BCUT2D eigenvalue weighted by Gasteiger charge is 2.31. The van der Waals surface area contributed by atoms with Gasteiger partial charge in [-0.25, -0.2) is 9.59 Å². The molecule has 1 aromatic carbocycles. The summed E-state index contributed by atoms with van der Waals surface area (Å²) in [6.45, 7) is 0.240. The van der Waals surface area contributed by atoms with Gasteiger partial charge in [0.1, 0.15) is 5.70 Å². The fourth-order valence-electron chi connectivity index (χ4n) is 2.11. The van der Waals surface area contributed by atoms with E-state index in [2.05, 4.69) is 24.8 Å². The first-order chi connectivity index (χ1) is 13.6. The summed E-state index contributed by atoms with van der Waals surface area (Å²) in [5.41, 5.74) is -1.31. The fourth-order valence-corrected chi connectivity index (χ4v) is 2.11. The Morgan fingerprint density at radius 3 is 2.28 bits per heavy atom. The summed E-state index contributed by atoms with van der Waals surface area (Å²) in [6.07, 6.45) is -3.40. The number of anilines is 2. The van der Waals surface area contributed by atoms with Crippen molar-refractivity contribution in [3.8, 4) is 0 Å². The van der Waals surface area contributed by atoms with Crippen LogP contribution in [0.25, 0.3) is 0 Å². The average molecular weight is 418 g/mol. The Kier molecular flexibility index (Phi) is 8.97. The molecule has 0 atom stereocenters. The van der Waals surface area contributed by atoms with Gasteiger partial charge in [0.15, 0.2) is 0 Å². The van der Waals surface area contributed by atoms with Crippen molar-refractivity contribution in [2.45, 2.75) is 19.0 Å². The van der Waals surface area contributed by atoms with Crippen molar-refractivity contribution in [1.82, 2.24) is 0 Å². The van der Waals surface area contributed by atoms with Gasteiger partial charge in [0.05, 0.1) is 44.3 Å². The minimum atomic E-state index is -4.63. The molecule has 1 rings (SSSR count). The summed E-state index contributed by atoms with van der Waals surface area (Å²) in [7, 11) is 3.37. The molecule has 0 radical (unpaired) electrons. The van der Waals surface area contributed by atoms with Gasteiger partial charge in [0, 0.05) is 13.0 Å². The fraction of sp³-hybridized carbons (Fsp3) is 0.389. The van der Waals surface area contributed by atoms with Crippen molar-refractivity contribution in [2.24, 2.45) is 0 Å². The summed E-state index contributed by atoms with van der Waals surface area (Å²) >= 11 is 0. The maximum absolute atomic E-state index is 13.1. The predicted molar refractivity (Wildman–Crippen MR) is 96.9 cm³/mol. The molecule has 0 aromatic heterocycles. The second kappa shape index (κ2) is 10.9. The lowest BCUT2D eigenvalue weighted by molar-refractivity contribution is -0.141. The van der Waals surface area contributed by atoms with Crippen LogP contribution < -0.4 is 10.6 Å². The lowest BCUT2D eigenvalue weighted by Crippen LogP contribution is -2.17. The molecule has 0 unspecified atom stereocenters. The van der Waals surface area contributed by atoms with Crippen molar-refractivity contribution in [3.63, 3.8) is 0 Å². The average Bonchev–Trinajstić information content (AvgIpc) is 2.69. The molecule has 29 heavy (non-hydrogen) atoms. The highest BCUT2D eigenvalue weighted by atomic mass is 19.4. The first kappa shape index (κ1) is 23.8. The Morgan fingerprint density at radius 1 is 1.03 bits per heavy atom. The third kappa shape index (κ3) is 7.72. The molecule has 0 heterocycles. The Hall–Kier alpha value is -3.24. The number of esters is 3. The van der Waals surface area contributed by atoms with E-state index >= 15 is 0 Å². The zero-order chi connectivity index (χ0) is 22.0. The van der Waals surface area contributed by atoms with E-state index < -0.39 is 35.3 Å². The normalized spacial score (nSPS) is 11.4. The molecule has 2 N–H and O–H groups in total. The SMILES string of the molecule is COC(=O)/C=C(/Nc1cc(C(F)(F)F)ccc1NCCCC(=O)OC)C(=O)OC. The number of nitrogens with one attached hydrogen (secondary N) is 2. The number of rotatable bonds is 9. The van der Waals surface area contributed by atoms with Crippen LogP contribution in [0.5, 0.6) is 0 Å². The summed E-state index contributed by atoms with van der Waals surface area (Å²) < 4.78 is 52.7. The number of carbonyl (C=O) groups excluding carboxylic acids is 3. The van der Waals surface area contributed by atoms with Crippen LogP contribution in [0, 0.1) is 0 Å². The number of methoxy groups -OCH3 is 3. The molecule has 0 amide bonds. The van der Waals surface area contributed by atoms with Crippen LogP contribution in [0.15, 0.2) is 30.0 Å². The van der Waals surface area contributed by atoms with Gasteiger partial charge < -0.3 is 24.8 Å². The topological polar surface area (TPSA) is 103 Å². The first-order valence-electron chi connectivity index (χ1n) is 8.29. The standard InChI is InChI=1S/C18H21F3N2O6/c1-27-15(24)5-4-8-22-12-7-6-11(18(19,20)21)9-13(12)23-14(17(26)29-3)10-16(25)28-2/h6-7,9-10,22-23H,4-5,8H2,1-3H3/b14-10+. The third-order valence-corrected chi connectivity index (χ3v) is 3.59. The van der Waals surface area contributed by atoms with Crippen molar-refractivity contribution >= 4 is 29.3 Å². The molecule has 0 aliphatic carbocycles. The van der Waals surface area contributed by atoms with Crippen molar-refractivity contribution < 1.29 is 41.8 Å². The smallest absolute Gasteiger partial charge is 0.416 e. The highest BCUT2D eigenvalue weighted by Crippen LogP contribution is 2.34. The van der Waals surface area contributed by atoms with E-state index in [9.17, 15) is 27.6 Å². The summed E-state index contributed by atoms with van der Waals surface area (Å²) in [5.74, 6) is -2.31. The number of benzene rings is 1. The highest BCUT2D eigenvalue weighted by molar-refractivity contribution is 5.99. The van der Waals surface area contributed by atoms with E-state index in [4.69, 9.17) is 0 Å². The predicted octanol–water partition coefficient (Wildman–Crippen LogP) is 2.71. The van der Waals surface area contributed by atoms with Crippen molar-refractivity contribution in [2.75, 3.05) is 38.5 Å². The minimum Gasteiger partial charge on any atom is -0.469 e. The maximum atomic E-state index is 13.1. The molecule has 11 heteroatoms. The molecule has 0 aliphatic heterocycles. The number of hydrogen-bond acceptors (Lipinski definition) is 8. The monoisotopic (exact) mass is 418 g/mol. The van der Waals surface area contributed by atoms with Gasteiger partial charge in [-0.3, -0.25) is 4.79 Å². The van der Waals surface area contributed by atoms with E-state index in [-0.39, 0.29) is 24.3 Å². The van der Waals surface area contributed by atoms with E-state index in [0.717, 1.165) is 38.5 Å². The second-order valence-corrected chi connectivity index (χ2v) is 5.56. The molecule has 0 spiro atoms. The van der Waals surface area contributed by atoms with E-state index in [1.165, 1.54) is 7.11 Å². The summed E-state index contributed by atoms with van der Waals surface area (Å²) in [5, 5.41) is 5.34. The van der Waals surface area contributed by atoms with Gasteiger partial charge >= 0.3 is 24.1 Å². The van der Waals surface area contributed by atoms with Crippen LogP contribution in [0.4, 0.5) is 24.5 Å². The number of hydrogen-bond donors (Lipinski definition) is 2. The molecule has 0 saturated carbocycles. The summed E-state index contributed by atoms with van der Waals surface area (Å²) in [6, 6.07) is 2.79. The number of ether oxygens (including phenoxy) is 3. The molecular weight excluding hydrogens is 397 g/mol. The lowest BCUT2D eigenvalue weighted by atomic mass is 10.1. The van der Waals surface area contributed by atoms with Gasteiger partial charge in [0.2, 0.25) is 0 Å².